The number of piperazine rings is 1. The highest BCUT2D eigenvalue weighted by atomic mass is 16.2. The monoisotopic (exact) mass is 297 g/mol. The largest absolute Gasteiger partial charge is 0.314 e. The number of benzene rings is 2. The summed E-state index contributed by atoms with van der Waals surface area (Å²) >= 11 is 0. The molecule has 4 nitrogen and oxygen atoms in total. The van der Waals surface area contributed by atoms with Gasteiger partial charge in [-0.2, -0.15) is 0 Å². The number of amides is 1. The number of likely N-dealkylation sites (N-methyl/N-ethyl adjacent to an activating group) is 1. The van der Waals surface area contributed by atoms with E-state index in [1.807, 2.05) is 36.1 Å². The molecule has 1 N–H and O–H groups in total. The molecule has 0 bridgehead atoms. The summed E-state index contributed by atoms with van der Waals surface area (Å²) in [6.45, 7) is 7.05. The lowest BCUT2D eigenvalue weighted by molar-refractivity contribution is -0.119. The van der Waals surface area contributed by atoms with Gasteiger partial charge in [0.05, 0.1) is 12.2 Å². The molecule has 2 aromatic carbocycles. The van der Waals surface area contributed by atoms with Gasteiger partial charge < -0.3 is 10.2 Å². The van der Waals surface area contributed by atoms with Crippen molar-refractivity contribution in [3.8, 4) is 0 Å². The van der Waals surface area contributed by atoms with E-state index in [0.717, 1.165) is 37.3 Å². The lowest BCUT2D eigenvalue weighted by atomic mass is 10.1. The Hall–Kier alpha value is -1.91. The molecule has 22 heavy (non-hydrogen) atoms. The maximum absolute atomic E-state index is 12.8. The van der Waals surface area contributed by atoms with Crippen molar-refractivity contribution < 1.29 is 4.79 Å². The zero-order valence-electron chi connectivity index (χ0n) is 13.1. The van der Waals surface area contributed by atoms with Gasteiger partial charge in [-0.1, -0.05) is 36.4 Å². The second-order valence-corrected chi connectivity index (χ2v) is 5.66. The van der Waals surface area contributed by atoms with Crippen LogP contribution in [0.1, 0.15) is 6.92 Å². The van der Waals surface area contributed by atoms with Crippen molar-refractivity contribution >= 4 is 22.4 Å². The summed E-state index contributed by atoms with van der Waals surface area (Å²) < 4.78 is 0. The summed E-state index contributed by atoms with van der Waals surface area (Å²) in [5.74, 6) is 0.181. The number of rotatable bonds is 4. The smallest absolute Gasteiger partial charge is 0.241 e. The Kier molecular flexibility index (Phi) is 4.71. The van der Waals surface area contributed by atoms with Crippen LogP contribution >= 0.6 is 0 Å². The molecule has 2 aromatic rings. The third kappa shape index (κ3) is 3.13. The van der Waals surface area contributed by atoms with E-state index in [0.29, 0.717) is 13.1 Å². The van der Waals surface area contributed by atoms with Gasteiger partial charge in [0.15, 0.2) is 0 Å². The third-order valence-corrected chi connectivity index (χ3v) is 4.24. The highest BCUT2D eigenvalue weighted by Gasteiger charge is 2.20. The summed E-state index contributed by atoms with van der Waals surface area (Å²) in [5.41, 5.74) is 1.01. The Labute approximate surface area is 131 Å². The fourth-order valence-electron chi connectivity index (χ4n) is 3.07. The molecule has 1 amide bonds. The zero-order chi connectivity index (χ0) is 15.4. The van der Waals surface area contributed by atoms with E-state index in [2.05, 4.69) is 28.4 Å². The lowest BCUT2D eigenvalue weighted by Crippen LogP contribution is -2.48. The van der Waals surface area contributed by atoms with Crippen LogP contribution in [0, 0.1) is 0 Å². The predicted molar refractivity (Wildman–Crippen MR) is 91.3 cm³/mol. The zero-order valence-corrected chi connectivity index (χ0v) is 13.1. The maximum atomic E-state index is 12.8. The maximum Gasteiger partial charge on any atom is 0.241 e. The average Bonchev–Trinajstić information content (AvgIpc) is 2.57. The van der Waals surface area contributed by atoms with Crippen LogP contribution in [0.5, 0.6) is 0 Å². The summed E-state index contributed by atoms with van der Waals surface area (Å²) in [6.07, 6.45) is 0. The van der Waals surface area contributed by atoms with E-state index in [1.54, 1.807) is 0 Å². The summed E-state index contributed by atoms with van der Waals surface area (Å²) in [6, 6.07) is 14.4. The van der Waals surface area contributed by atoms with Crippen LogP contribution in [0.3, 0.4) is 0 Å². The van der Waals surface area contributed by atoms with Crippen molar-refractivity contribution in [2.75, 3.05) is 44.2 Å². The van der Waals surface area contributed by atoms with Crippen LogP contribution in [0.4, 0.5) is 5.69 Å². The Bertz CT molecular complexity index is 644. The molecule has 0 aliphatic carbocycles. The van der Waals surface area contributed by atoms with E-state index in [-0.39, 0.29) is 5.91 Å². The Morgan fingerprint density at radius 1 is 1.14 bits per heavy atom. The van der Waals surface area contributed by atoms with Crippen molar-refractivity contribution in [3.05, 3.63) is 42.5 Å². The van der Waals surface area contributed by atoms with Crippen LogP contribution < -0.4 is 10.2 Å². The van der Waals surface area contributed by atoms with Gasteiger partial charge in [-0.15, -0.1) is 0 Å². The number of fused-ring (bicyclic) bond motifs is 1. The molecule has 3 rings (SSSR count). The molecule has 1 heterocycles. The van der Waals surface area contributed by atoms with Crippen molar-refractivity contribution in [2.45, 2.75) is 6.92 Å². The molecule has 4 heteroatoms. The van der Waals surface area contributed by atoms with Gasteiger partial charge in [-0.05, 0) is 18.4 Å². The van der Waals surface area contributed by atoms with Gasteiger partial charge >= 0.3 is 0 Å². The Morgan fingerprint density at radius 3 is 2.64 bits per heavy atom. The van der Waals surface area contributed by atoms with Crippen LogP contribution in [0.2, 0.25) is 0 Å². The first-order chi connectivity index (χ1) is 10.8. The molecular formula is C18H23N3O. The molecule has 1 aliphatic heterocycles. The first-order valence-corrected chi connectivity index (χ1v) is 8.01. The van der Waals surface area contributed by atoms with Gasteiger partial charge in [0.25, 0.3) is 0 Å². The number of hydrogen-bond donors (Lipinski definition) is 1. The number of carbonyl (C=O) groups excluding carboxylic acids is 1. The molecule has 116 valence electrons. The average molecular weight is 297 g/mol. The van der Waals surface area contributed by atoms with Crippen LogP contribution in [0.15, 0.2) is 42.5 Å². The normalized spacial score (nSPS) is 15.9. The Balaban J connectivity index is 1.84. The van der Waals surface area contributed by atoms with E-state index < -0.39 is 0 Å². The van der Waals surface area contributed by atoms with E-state index >= 15 is 0 Å². The fraction of sp³-hybridized carbons (Fsp3) is 0.389. The number of nitrogens with zero attached hydrogens (tertiary/aromatic N) is 2. The van der Waals surface area contributed by atoms with Gasteiger partial charge in [0.2, 0.25) is 5.91 Å². The molecule has 0 spiro atoms. The second kappa shape index (κ2) is 6.90. The quantitative estimate of drug-likeness (QED) is 0.939. The van der Waals surface area contributed by atoms with E-state index in [9.17, 15) is 4.79 Å². The molecule has 1 aliphatic rings. The van der Waals surface area contributed by atoms with Crippen LogP contribution in [0.25, 0.3) is 10.8 Å². The number of anilines is 1. The highest BCUT2D eigenvalue weighted by Crippen LogP contribution is 2.26. The molecule has 0 unspecified atom stereocenters. The van der Waals surface area contributed by atoms with Crippen molar-refractivity contribution in [1.82, 2.24) is 10.2 Å². The van der Waals surface area contributed by atoms with Crippen LogP contribution in [-0.2, 0) is 4.79 Å². The Morgan fingerprint density at radius 2 is 1.86 bits per heavy atom. The van der Waals surface area contributed by atoms with Crippen molar-refractivity contribution in [1.29, 1.82) is 0 Å². The van der Waals surface area contributed by atoms with Gasteiger partial charge in [-0.25, -0.2) is 0 Å². The molecule has 0 aromatic heterocycles. The standard InChI is InChI=1S/C18H23N3O/c1-2-21(18(22)14-20-12-10-19-11-13-20)17-9-5-7-15-6-3-4-8-16(15)17/h3-9,19H,2,10-14H2,1H3. The third-order valence-electron chi connectivity index (χ3n) is 4.24. The molecule has 1 saturated heterocycles. The minimum Gasteiger partial charge on any atom is -0.314 e. The minimum atomic E-state index is 0.181. The van der Waals surface area contributed by atoms with Crippen molar-refractivity contribution in [3.63, 3.8) is 0 Å². The topological polar surface area (TPSA) is 35.6 Å². The van der Waals surface area contributed by atoms with Gasteiger partial charge in [0, 0.05) is 38.1 Å². The van der Waals surface area contributed by atoms with Crippen LogP contribution in [-0.4, -0.2) is 50.1 Å². The molecule has 0 saturated carbocycles. The summed E-state index contributed by atoms with van der Waals surface area (Å²) in [7, 11) is 0. The highest BCUT2D eigenvalue weighted by molar-refractivity contribution is 6.04. The first-order valence-electron chi connectivity index (χ1n) is 8.01. The minimum absolute atomic E-state index is 0.181. The van der Waals surface area contributed by atoms with E-state index in [1.165, 1.54) is 5.39 Å². The summed E-state index contributed by atoms with van der Waals surface area (Å²) in [4.78, 5) is 16.9. The van der Waals surface area contributed by atoms with Gasteiger partial charge in [0.1, 0.15) is 0 Å². The lowest BCUT2D eigenvalue weighted by Gasteiger charge is -2.30. The molecule has 0 radical (unpaired) electrons. The number of hydrogen-bond acceptors (Lipinski definition) is 3. The molecule has 0 atom stereocenters. The number of carbonyl (C=O) groups is 1. The van der Waals surface area contributed by atoms with Gasteiger partial charge in [-0.3, -0.25) is 9.69 Å². The van der Waals surface area contributed by atoms with E-state index in [4.69, 9.17) is 0 Å². The predicted octanol–water partition coefficient (Wildman–Crippen LogP) is 2.10. The molecule has 1 fully saturated rings. The SMILES string of the molecule is CCN(C(=O)CN1CCNCC1)c1cccc2ccccc12. The summed E-state index contributed by atoms with van der Waals surface area (Å²) in [5, 5.41) is 5.63. The fourth-order valence-corrected chi connectivity index (χ4v) is 3.07. The first kappa shape index (κ1) is 15.0. The molecular weight excluding hydrogens is 274 g/mol. The second-order valence-electron chi connectivity index (χ2n) is 5.66. The number of nitrogens with one attached hydrogen (secondary N) is 1. The van der Waals surface area contributed by atoms with Crippen molar-refractivity contribution in [2.24, 2.45) is 0 Å².